The third kappa shape index (κ3) is 4.95. The maximum Gasteiger partial charge on any atom is 0.224 e. The minimum atomic E-state index is 0.0120. The fraction of sp³-hybridized carbons (Fsp3) is 0.400. The Morgan fingerprint density at radius 2 is 2.23 bits per heavy atom. The summed E-state index contributed by atoms with van der Waals surface area (Å²) in [5, 5.41) is 2.55. The number of pyridine rings is 1. The van der Waals surface area contributed by atoms with E-state index in [1.54, 1.807) is 19.4 Å². The van der Waals surface area contributed by atoms with Crippen LogP contribution in [0.25, 0.3) is 0 Å². The van der Waals surface area contributed by atoms with Crippen LogP contribution in [0, 0.1) is 0 Å². The summed E-state index contributed by atoms with van der Waals surface area (Å²) in [6.45, 7) is 4.00. The van der Waals surface area contributed by atoms with Gasteiger partial charge in [0.05, 0.1) is 6.42 Å². The number of rotatable bonds is 2. The second-order valence-electron chi connectivity index (χ2n) is 2.21. The molecule has 1 N–H and O–H groups in total. The van der Waals surface area contributed by atoms with Crippen molar-refractivity contribution in [1.82, 2.24) is 10.3 Å². The van der Waals surface area contributed by atoms with Gasteiger partial charge in [0.1, 0.15) is 0 Å². The Morgan fingerprint density at radius 1 is 1.54 bits per heavy atom. The molecule has 0 atom stereocenters. The number of nitrogens with zero attached hydrogens (tertiary/aromatic N) is 1. The van der Waals surface area contributed by atoms with Gasteiger partial charge in [-0.3, -0.25) is 9.78 Å². The first-order valence-corrected chi connectivity index (χ1v) is 4.42. The van der Waals surface area contributed by atoms with Crippen molar-refractivity contribution < 1.29 is 4.79 Å². The third-order valence-electron chi connectivity index (χ3n) is 1.37. The largest absolute Gasteiger partial charge is 0.359 e. The van der Waals surface area contributed by atoms with E-state index in [4.69, 9.17) is 0 Å². The third-order valence-corrected chi connectivity index (χ3v) is 1.37. The van der Waals surface area contributed by atoms with Gasteiger partial charge in [-0.25, -0.2) is 0 Å². The van der Waals surface area contributed by atoms with Gasteiger partial charge in [-0.15, -0.1) is 0 Å². The Kier molecular flexibility index (Phi) is 6.51. The van der Waals surface area contributed by atoms with Crippen LogP contribution < -0.4 is 5.32 Å². The Morgan fingerprint density at radius 3 is 2.69 bits per heavy atom. The minimum Gasteiger partial charge on any atom is -0.359 e. The van der Waals surface area contributed by atoms with Crippen LogP contribution in [0.1, 0.15) is 19.4 Å². The highest BCUT2D eigenvalue weighted by molar-refractivity contribution is 5.78. The van der Waals surface area contributed by atoms with Gasteiger partial charge in [0.2, 0.25) is 5.91 Å². The summed E-state index contributed by atoms with van der Waals surface area (Å²) < 4.78 is 0. The zero-order valence-corrected chi connectivity index (χ0v) is 8.37. The smallest absolute Gasteiger partial charge is 0.224 e. The molecule has 0 aliphatic heterocycles. The summed E-state index contributed by atoms with van der Waals surface area (Å²) in [6, 6.07) is 3.69. The van der Waals surface area contributed by atoms with Crippen LogP contribution in [-0.4, -0.2) is 17.9 Å². The number of likely N-dealkylation sites (N-methyl/N-ethyl adjacent to an activating group) is 1. The standard InChI is InChI=1S/C8H10N2O.C2H6/c1-9-8(11)5-7-3-2-4-10-6-7;1-2/h2-4,6H,5H2,1H3,(H,9,11);1-2H3. The average molecular weight is 180 g/mol. The van der Waals surface area contributed by atoms with Crippen LogP contribution in [0.3, 0.4) is 0 Å². The topological polar surface area (TPSA) is 42.0 Å². The molecule has 0 unspecified atom stereocenters. The molecule has 0 aliphatic rings. The Balaban J connectivity index is 0.000000671. The van der Waals surface area contributed by atoms with Gasteiger partial charge in [-0.2, -0.15) is 0 Å². The average Bonchev–Trinajstić information content (AvgIpc) is 2.22. The van der Waals surface area contributed by atoms with Gasteiger partial charge in [0.25, 0.3) is 0 Å². The quantitative estimate of drug-likeness (QED) is 0.747. The lowest BCUT2D eigenvalue weighted by molar-refractivity contribution is -0.119. The molecule has 1 rings (SSSR count). The maximum atomic E-state index is 10.8. The summed E-state index contributed by atoms with van der Waals surface area (Å²) in [7, 11) is 1.62. The molecule has 1 amide bonds. The van der Waals surface area contributed by atoms with Crippen molar-refractivity contribution in [1.29, 1.82) is 0 Å². The van der Waals surface area contributed by atoms with E-state index >= 15 is 0 Å². The number of carbonyl (C=O) groups excluding carboxylic acids is 1. The van der Waals surface area contributed by atoms with Crippen LogP contribution in [0.2, 0.25) is 0 Å². The van der Waals surface area contributed by atoms with Crippen molar-refractivity contribution in [2.45, 2.75) is 20.3 Å². The molecule has 13 heavy (non-hydrogen) atoms. The zero-order chi connectivity index (χ0) is 10.1. The summed E-state index contributed by atoms with van der Waals surface area (Å²) in [5.41, 5.74) is 0.937. The molecule has 0 radical (unpaired) electrons. The first kappa shape index (κ1) is 11.6. The molecule has 3 nitrogen and oxygen atoms in total. The van der Waals surface area contributed by atoms with Crippen molar-refractivity contribution in [3.63, 3.8) is 0 Å². The molecule has 72 valence electrons. The fourth-order valence-electron chi connectivity index (χ4n) is 0.776. The summed E-state index contributed by atoms with van der Waals surface area (Å²) in [4.78, 5) is 14.7. The molecule has 1 heterocycles. The highest BCUT2D eigenvalue weighted by Gasteiger charge is 1.98. The number of nitrogens with one attached hydrogen (secondary N) is 1. The number of carbonyl (C=O) groups is 1. The van der Waals surface area contributed by atoms with Gasteiger partial charge in [0.15, 0.2) is 0 Å². The van der Waals surface area contributed by atoms with E-state index in [-0.39, 0.29) is 5.91 Å². The Hall–Kier alpha value is -1.38. The molecular weight excluding hydrogens is 164 g/mol. The first-order chi connectivity index (χ1) is 6.33. The first-order valence-electron chi connectivity index (χ1n) is 4.42. The molecule has 0 bridgehead atoms. The Labute approximate surface area is 79.2 Å². The van der Waals surface area contributed by atoms with Crippen molar-refractivity contribution in [3.05, 3.63) is 30.1 Å². The predicted octanol–water partition coefficient (Wildman–Crippen LogP) is 1.40. The number of aromatic nitrogens is 1. The highest BCUT2D eigenvalue weighted by atomic mass is 16.1. The number of hydrogen-bond donors (Lipinski definition) is 1. The molecule has 0 aromatic carbocycles. The van der Waals surface area contributed by atoms with Gasteiger partial charge in [-0.1, -0.05) is 19.9 Å². The zero-order valence-electron chi connectivity index (χ0n) is 8.37. The molecule has 0 aliphatic carbocycles. The Bertz CT molecular complexity index is 234. The normalized spacial score (nSPS) is 8.23. The predicted molar refractivity (Wildman–Crippen MR) is 53.4 cm³/mol. The molecule has 1 aromatic rings. The van der Waals surface area contributed by atoms with Crippen LogP contribution >= 0.6 is 0 Å². The van der Waals surface area contributed by atoms with Crippen LogP contribution in [0.4, 0.5) is 0 Å². The van der Waals surface area contributed by atoms with Crippen LogP contribution in [0.5, 0.6) is 0 Å². The summed E-state index contributed by atoms with van der Waals surface area (Å²) in [6.07, 6.45) is 3.78. The van der Waals surface area contributed by atoms with Gasteiger partial charge >= 0.3 is 0 Å². The summed E-state index contributed by atoms with van der Waals surface area (Å²) >= 11 is 0. The van der Waals surface area contributed by atoms with Crippen molar-refractivity contribution in [2.24, 2.45) is 0 Å². The second kappa shape index (κ2) is 7.28. The van der Waals surface area contributed by atoms with Crippen molar-refractivity contribution in [3.8, 4) is 0 Å². The van der Waals surface area contributed by atoms with E-state index in [1.807, 2.05) is 26.0 Å². The van der Waals surface area contributed by atoms with Gasteiger partial charge in [-0.05, 0) is 11.6 Å². The van der Waals surface area contributed by atoms with E-state index < -0.39 is 0 Å². The van der Waals surface area contributed by atoms with E-state index in [0.29, 0.717) is 6.42 Å². The molecule has 0 fully saturated rings. The van der Waals surface area contributed by atoms with Crippen LogP contribution in [0.15, 0.2) is 24.5 Å². The lowest BCUT2D eigenvalue weighted by Gasteiger charge is -1.97. The minimum absolute atomic E-state index is 0.0120. The van der Waals surface area contributed by atoms with E-state index in [0.717, 1.165) is 5.56 Å². The number of amides is 1. The van der Waals surface area contributed by atoms with Crippen molar-refractivity contribution in [2.75, 3.05) is 7.05 Å². The number of hydrogen-bond acceptors (Lipinski definition) is 2. The summed E-state index contributed by atoms with van der Waals surface area (Å²) in [5.74, 6) is 0.0120. The van der Waals surface area contributed by atoms with Crippen LogP contribution in [-0.2, 0) is 11.2 Å². The molecular formula is C10H16N2O. The molecule has 1 aromatic heterocycles. The SMILES string of the molecule is CC.CNC(=O)Cc1cccnc1. The lowest BCUT2D eigenvalue weighted by atomic mass is 10.2. The molecule has 3 heteroatoms. The van der Waals surface area contributed by atoms with Gasteiger partial charge < -0.3 is 5.32 Å². The fourth-order valence-corrected chi connectivity index (χ4v) is 0.776. The van der Waals surface area contributed by atoms with E-state index in [2.05, 4.69) is 10.3 Å². The van der Waals surface area contributed by atoms with E-state index in [9.17, 15) is 4.79 Å². The van der Waals surface area contributed by atoms with Crippen molar-refractivity contribution >= 4 is 5.91 Å². The van der Waals surface area contributed by atoms with Gasteiger partial charge in [0, 0.05) is 19.4 Å². The monoisotopic (exact) mass is 180 g/mol. The maximum absolute atomic E-state index is 10.8. The molecule has 0 spiro atoms. The van der Waals surface area contributed by atoms with E-state index in [1.165, 1.54) is 0 Å². The molecule has 0 saturated carbocycles. The highest BCUT2D eigenvalue weighted by Crippen LogP contribution is 1.95. The lowest BCUT2D eigenvalue weighted by Crippen LogP contribution is -2.19. The molecule has 0 saturated heterocycles. The second-order valence-corrected chi connectivity index (χ2v) is 2.21.